The molecule has 0 aromatic heterocycles. The first-order valence-electron chi connectivity index (χ1n) is 10.5. The lowest BCUT2D eigenvalue weighted by Gasteiger charge is -2.36. The molecule has 1 aromatic carbocycles. The number of nitrogens with one attached hydrogen (secondary N) is 2. The van der Waals surface area contributed by atoms with Crippen LogP contribution in [0.15, 0.2) is 6.07 Å². The largest absolute Gasteiger partial charge is 0.333 e. The highest BCUT2D eigenvalue weighted by Crippen LogP contribution is 2.38. The normalized spacial score (nSPS) is 24.6. The zero-order valence-electron chi connectivity index (χ0n) is 16.2. The lowest BCUT2D eigenvalue weighted by atomic mass is 9.99. The van der Waals surface area contributed by atoms with E-state index in [1.165, 1.54) is 33.0 Å². The van der Waals surface area contributed by atoms with Crippen molar-refractivity contribution in [3.8, 4) is 0 Å². The summed E-state index contributed by atoms with van der Waals surface area (Å²) in [7, 11) is -3.81. The van der Waals surface area contributed by atoms with Crippen molar-refractivity contribution in [1.29, 1.82) is 0 Å². The van der Waals surface area contributed by atoms with Crippen LogP contribution in [0.3, 0.4) is 0 Å². The minimum Gasteiger partial charge on any atom is -0.307 e. The Kier molecular flexibility index (Phi) is 4.60. The van der Waals surface area contributed by atoms with Gasteiger partial charge in [-0.25, -0.2) is 9.52 Å². The number of anilines is 1. The van der Waals surface area contributed by atoms with Crippen molar-refractivity contribution >= 4 is 21.9 Å². The first-order valence-corrected chi connectivity index (χ1v) is 11.9. The van der Waals surface area contributed by atoms with E-state index in [2.05, 4.69) is 21.0 Å². The van der Waals surface area contributed by atoms with Crippen LogP contribution in [0, 0.1) is 0 Å². The Balaban J connectivity index is 1.29. The number of carbonyl (C=O) groups is 1. The van der Waals surface area contributed by atoms with Gasteiger partial charge in [-0.15, -0.1) is 0 Å². The summed E-state index contributed by atoms with van der Waals surface area (Å²) in [6, 6.07) is 1.95. The molecule has 0 spiro atoms. The second-order valence-electron chi connectivity index (χ2n) is 8.49. The van der Waals surface area contributed by atoms with Gasteiger partial charge in [0.2, 0.25) is 0 Å². The number of urea groups is 1. The number of rotatable bonds is 4. The zero-order valence-corrected chi connectivity index (χ0v) is 17.0. The standard InChI is InChI=1S/C20H28N4O3S/c25-20(22-28(26,27)24-11-8-16(13-24)23-9-3-10-23)21-19-17-6-1-4-14(17)12-15-5-2-7-18(15)19/h12,16H,1-11,13H2,(H2,21,22,25). The molecule has 5 rings (SSSR count). The lowest BCUT2D eigenvalue weighted by molar-refractivity contribution is 0.125. The highest BCUT2D eigenvalue weighted by molar-refractivity contribution is 7.87. The van der Waals surface area contributed by atoms with Crippen LogP contribution in [0.25, 0.3) is 0 Å². The van der Waals surface area contributed by atoms with Crippen LogP contribution < -0.4 is 10.0 Å². The topological polar surface area (TPSA) is 81.8 Å². The predicted octanol–water partition coefficient (Wildman–Crippen LogP) is 1.81. The van der Waals surface area contributed by atoms with Gasteiger partial charge in [-0.2, -0.15) is 12.7 Å². The molecular weight excluding hydrogens is 376 g/mol. The zero-order chi connectivity index (χ0) is 19.3. The highest BCUT2D eigenvalue weighted by Gasteiger charge is 2.37. The van der Waals surface area contributed by atoms with Crippen LogP contribution in [-0.2, 0) is 35.9 Å². The molecule has 2 fully saturated rings. The third-order valence-electron chi connectivity index (χ3n) is 6.81. The van der Waals surface area contributed by atoms with Crippen molar-refractivity contribution in [1.82, 2.24) is 13.9 Å². The smallest absolute Gasteiger partial charge is 0.307 e. The molecule has 1 unspecified atom stereocenters. The fraction of sp³-hybridized carbons (Fsp3) is 0.650. The quantitative estimate of drug-likeness (QED) is 0.802. The third kappa shape index (κ3) is 3.21. The fourth-order valence-corrected chi connectivity index (χ4v) is 6.35. The first-order chi connectivity index (χ1) is 13.5. The van der Waals surface area contributed by atoms with Gasteiger partial charge in [0, 0.05) is 24.8 Å². The number of hydrogen-bond acceptors (Lipinski definition) is 4. The number of nitrogens with zero attached hydrogens (tertiary/aromatic N) is 2. The number of carbonyl (C=O) groups excluding carboxylic acids is 1. The van der Waals surface area contributed by atoms with Crippen LogP contribution in [-0.4, -0.2) is 55.9 Å². The van der Waals surface area contributed by atoms with Gasteiger partial charge in [0.1, 0.15) is 0 Å². The van der Waals surface area contributed by atoms with Crippen LogP contribution in [0.5, 0.6) is 0 Å². The maximum Gasteiger partial charge on any atom is 0.333 e. The molecule has 152 valence electrons. The monoisotopic (exact) mass is 404 g/mol. The Morgan fingerprint density at radius 3 is 2.25 bits per heavy atom. The molecule has 8 heteroatoms. The molecule has 0 bridgehead atoms. The second-order valence-corrected chi connectivity index (χ2v) is 10.2. The van der Waals surface area contributed by atoms with Crippen molar-refractivity contribution in [2.45, 2.75) is 57.4 Å². The van der Waals surface area contributed by atoms with Crippen molar-refractivity contribution in [2.75, 3.05) is 31.5 Å². The summed E-state index contributed by atoms with van der Waals surface area (Å²) >= 11 is 0. The van der Waals surface area contributed by atoms with E-state index in [1.807, 2.05) is 0 Å². The van der Waals surface area contributed by atoms with E-state index in [0.717, 1.165) is 63.7 Å². The molecular formula is C20H28N4O3S. The number of fused-ring (bicyclic) bond motifs is 2. The van der Waals surface area contributed by atoms with Crippen LogP contribution in [0.2, 0.25) is 0 Å². The van der Waals surface area contributed by atoms with Gasteiger partial charge in [-0.1, -0.05) is 6.07 Å². The minimum absolute atomic E-state index is 0.286. The van der Waals surface area contributed by atoms with Gasteiger partial charge in [0.05, 0.1) is 0 Å². The molecule has 28 heavy (non-hydrogen) atoms. The maximum absolute atomic E-state index is 12.7. The van der Waals surface area contributed by atoms with Crippen molar-refractivity contribution in [3.63, 3.8) is 0 Å². The van der Waals surface area contributed by atoms with Gasteiger partial charge >= 0.3 is 16.2 Å². The first kappa shape index (κ1) is 18.4. The number of benzene rings is 1. The van der Waals surface area contributed by atoms with Crippen molar-refractivity contribution < 1.29 is 13.2 Å². The fourth-order valence-electron chi connectivity index (χ4n) is 5.22. The molecule has 2 N–H and O–H groups in total. The number of aryl methyl sites for hydroxylation is 2. The Bertz CT molecular complexity index is 878. The van der Waals surface area contributed by atoms with Gasteiger partial charge in [0.15, 0.2) is 0 Å². The molecule has 4 aliphatic rings. The third-order valence-corrected chi connectivity index (χ3v) is 8.26. The summed E-state index contributed by atoms with van der Waals surface area (Å²) in [6.45, 7) is 3.05. The molecule has 2 saturated heterocycles. The van der Waals surface area contributed by atoms with Crippen LogP contribution >= 0.6 is 0 Å². The summed E-state index contributed by atoms with van der Waals surface area (Å²) in [5.74, 6) is 0. The average Bonchev–Trinajstić information content (AvgIpc) is 3.32. The van der Waals surface area contributed by atoms with Gasteiger partial charge < -0.3 is 5.32 Å². The number of likely N-dealkylation sites (tertiary alicyclic amines) is 1. The minimum atomic E-state index is -3.81. The number of hydrogen-bond donors (Lipinski definition) is 2. The molecule has 0 saturated carbocycles. The second kappa shape index (κ2) is 7.00. The molecule has 2 heterocycles. The molecule has 7 nitrogen and oxygen atoms in total. The highest BCUT2D eigenvalue weighted by atomic mass is 32.2. The van der Waals surface area contributed by atoms with Crippen LogP contribution in [0.1, 0.15) is 47.9 Å². The molecule has 1 aromatic rings. The van der Waals surface area contributed by atoms with Gasteiger partial charge in [0.25, 0.3) is 0 Å². The van der Waals surface area contributed by atoms with E-state index in [9.17, 15) is 13.2 Å². The Labute approximate surface area is 166 Å². The lowest BCUT2D eigenvalue weighted by Crippen LogP contribution is -2.48. The maximum atomic E-state index is 12.7. The SMILES string of the molecule is O=C(Nc1c2c(cc3c1CCC3)CCC2)NS(=O)(=O)N1CCC(N2CCC2)C1. The summed E-state index contributed by atoms with van der Waals surface area (Å²) in [5, 5.41) is 2.91. The van der Waals surface area contributed by atoms with E-state index in [4.69, 9.17) is 0 Å². The molecule has 2 aliphatic heterocycles. The molecule has 2 amide bonds. The van der Waals surface area contributed by atoms with E-state index in [0.29, 0.717) is 13.1 Å². The average molecular weight is 405 g/mol. The van der Waals surface area contributed by atoms with Crippen LogP contribution in [0.4, 0.5) is 10.5 Å². The summed E-state index contributed by atoms with van der Waals surface area (Å²) < 4.78 is 29.1. The van der Waals surface area contributed by atoms with Gasteiger partial charge in [-0.05, 0) is 86.7 Å². The molecule has 2 aliphatic carbocycles. The Hall–Kier alpha value is -1.64. The van der Waals surface area contributed by atoms with Gasteiger partial charge in [-0.3, -0.25) is 4.90 Å². The van der Waals surface area contributed by atoms with Crippen molar-refractivity contribution in [2.24, 2.45) is 0 Å². The van der Waals surface area contributed by atoms with E-state index in [1.54, 1.807) is 0 Å². The van der Waals surface area contributed by atoms with E-state index < -0.39 is 16.2 Å². The predicted molar refractivity (Wildman–Crippen MR) is 108 cm³/mol. The summed E-state index contributed by atoms with van der Waals surface area (Å²) in [5.41, 5.74) is 5.90. The Morgan fingerprint density at radius 1 is 0.964 bits per heavy atom. The number of amides is 2. The molecule has 0 radical (unpaired) electrons. The molecule has 1 atom stereocenters. The Morgan fingerprint density at radius 2 is 1.64 bits per heavy atom. The van der Waals surface area contributed by atoms with E-state index in [-0.39, 0.29) is 6.04 Å². The van der Waals surface area contributed by atoms with Crippen molar-refractivity contribution in [3.05, 3.63) is 28.3 Å². The van der Waals surface area contributed by atoms with E-state index >= 15 is 0 Å². The summed E-state index contributed by atoms with van der Waals surface area (Å²) in [4.78, 5) is 15.0. The summed E-state index contributed by atoms with van der Waals surface area (Å²) in [6.07, 6.45) is 8.21.